The molecule has 1 aliphatic heterocycles. The van der Waals surface area contributed by atoms with Crippen molar-refractivity contribution in [1.82, 2.24) is 9.80 Å². The molecule has 1 fully saturated rings. The molecule has 3 rings (SSSR count). The Morgan fingerprint density at radius 3 is 2.19 bits per heavy atom. The highest BCUT2D eigenvalue weighted by atomic mass is 16.5. The normalized spacial score (nSPS) is 17.8. The number of hydrogen-bond acceptors (Lipinski definition) is 5. The van der Waals surface area contributed by atoms with Crippen LogP contribution in [-0.2, 0) is 15.0 Å². The van der Waals surface area contributed by atoms with Crippen LogP contribution in [0.3, 0.4) is 0 Å². The van der Waals surface area contributed by atoms with E-state index in [1.165, 1.54) is 0 Å². The number of carbonyl (C=O) groups excluding carboxylic acids is 2. The topological polar surface area (TPSA) is 70.1 Å². The van der Waals surface area contributed by atoms with Crippen molar-refractivity contribution in [2.45, 2.75) is 59.9 Å². The molecule has 1 amide bonds. The molecule has 2 aromatic rings. The first-order valence-electron chi connectivity index (χ1n) is 12.9. The smallest absolute Gasteiger partial charge is 0.295 e. The van der Waals surface area contributed by atoms with Gasteiger partial charge in [-0.05, 0) is 67.2 Å². The van der Waals surface area contributed by atoms with E-state index in [1.807, 2.05) is 44.2 Å². The summed E-state index contributed by atoms with van der Waals surface area (Å²) in [6.07, 6.45) is 0. The lowest BCUT2D eigenvalue weighted by atomic mass is 9.85. The van der Waals surface area contributed by atoms with E-state index in [0.717, 1.165) is 29.8 Å². The Kier molecular flexibility index (Phi) is 8.62. The van der Waals surface area contributed by atoms with Gasteiger partial charge >= 0.3 is 0 Å². The monoisotopic (exact) mass is 492 g/mol. The lowest BCUT2D eigenvalue weighted by molar-refractivity contribution is -0.140. The molecule has 0 aromatic heterocycles. The van der Waals surface area contributed by atoms with Crippen LogP contribution in [0, 0.1) is 6.92 Å². The summed E-state index contributed by atoms with van der Waals surface area (Å²) in [5, 5.41) is 11.4. The molecular formula is C30H40N2O4. The number of ether oxygens (including phenoxy) is 1. The second kappa shape index (κ2) is 11.3. The van der Waals surface area contributed by atoms with E-state index >= 15 is 0 Å². The zero-order chi connectivity index (χ0) is 26.6. The van der Waals surface area contributed by atoms with E-state index in [2.05, 4.69) is 39.5 Å². The number of aliphatic hydroxyl groups excluding tert-OH is 1. The van der Waals surface area contributed by atoms with Crippen LogP contribution in [0.2, 0.25) is 0 Å². The SMILES string of the molecule is CCOc1ccc(/C(O)=C2\C(=O)C(=O)N(CCN(CC)CC)C2c2ccc(C(C)(C)C)cc2)c(C)c1. The number of nitrogens with zero attached hydrogens (tertiary/aromatic N) is 2. The second-order valence-electron chi connectivity index (χ2n) is 10.3. The first-order valence-corrected chi connectivity index (χ1v) is 12.9. The number of aryl methyl sites for hydroxylation is 1. The van der Waals surface area contributed by atoms with E-state index in [1.54, 1.807) is 17.0 Å². The fraction of sp³-hybridized carbons (Fsp3) is 0.467. The predicted octanol–water partition coefficient (Wildman–Crippen LogP) is 5.45. The maximum atomic E-state index is 13.4. The van der Waals surface area contributed by atoms with E-state index in [-0.39, 0.29) is 16.7 Å². The quantitative estimate of drug-likeness (QED) is 0.286. The number of hydrogen-bond donors (Lipinski definition) is 1. The summed E-state index contributed by atoms with van der Waals surface area (Å²) >= 11 is 0. The molecule has 1 atom stereocenters. The summed E-state index contributed by atoms with van der Waals surface area (Å²) in [5.41, 5.74) is 3.38. The molecule has 36 heavy (non-hydrogen) atoms. The molecule has 2 aromatic carbocycles. The third kappa shape index (κ3) is 5.65. The van der Waals surface area contributed by atoms with E-state index in [4.69, 9.17) is 4.74 Å². The van der Waals surface area contributed by atoms with Crippen LogP contribution in [0.25, 0.3) is 5.76 Å². The average Bonchev–Trinajstić information content (AvgIpc) is 3.09. The van der Waals surface area contributed by atoms with Gasteiger partial charge in [-0.2, -0.15) is 0 Å². The highest BCUT2D eigenvalue weighted by Crippen LogP contribution is 2.40. The summed E-state index contributed by atoms with van der Waals surface area (Å²) in [5.74, 6) is -0.674. The van der Waals surface area contributed by atoms with Gasteiger partial charge in [0.15, 0.2) is 0 Å². The van der Waals surface area contributed by atoms with Crippen molar-refractivity contribution in [2.75, 3.05) is 32.8 Å². The van der Waals surface area contributed by atoms with Gasteiger partial charge in [0.25, 0.3) is 11.7 Å². The molecule has 194 valence electrons. The molecule has 0 saturated carbocycles. The first kappa shape index (κ1) is 27.5. The molecule has 1 aliphatic rings. The van der Waals surface area contributed by atoms with Crippen molar-refractivity contribution in [3.05, 3.63) is 70.3 Å². The molecule has 6 nitrogen and oxygen atoms in total. The Morgan fingerprint density at radius 2 is 1.67 bits per heavy atom. The van der Waals surface area contributed by atoms with Gasteiger partial charge in [-0.1, -0.05) is 58.9 Å². The summed E-state index contributed by atoms with van der Waals surface area (Å²) in [6, 6.07) is 12.7. The molecule has 1 N–H and O–H groups in total. The zero-order valence-electron chi connectivity index (χ0n) is 22.7. The van der Waals surface area contributed by atoms with Gasteiger partial charge in [-0.3, -0.25) is 9.59 Å². The van der Waals surface area contributed by atoms with Crippen LogP contribution in [0.15, 0.2) is 48.0 Å². The molecular weight excluding hydrogens is 452 g/mol. The molecule has 0 bridgehead atoms. The number of aliphatic hydroxyl groups is 1. The van der Waals surface area contributed by atoms with E-state index < -0.39 is 17.7 Å². The van der Waals surface area contributed by atoms with Crippen molar-refractivity contribution in [3.63, 3.8) is 0 Å². The van der Waals surface area contributed by atoms with Crippen LogP contribution in [0.1, 0.15) is 69.8 Å². The number of carbonyl (C=O) groups is 2. The molecule has 0 spiro atoms. The minimum atomic E-state index is -0.652. The van der Waals surface area contributed by atoms with Crippen molar-refractivity contribution in [2.24, 2.45) is 0 Å². The Labute approximate surface area is 215 Å². The lowest BCUT2D eigenvalue weighted by Crippen LogP contribution is -2.38. The average molecular weight is 493 g/mol. The summed E-state index contributed by atoms with van der Waals surface area (Å²) < 4.78 is 5.58. The highest BCUT2D eigenvalue weighted by Gasteiger charge is 2.46. The van der Waals surface area contributed by atoms with Crippen molar-refractivity contribution < 1.29 is 19.4 Å². The number of Topliss-reactive ketones (excluding diaryl/α,β-unsaturated/α-hetero) is 1. The predicted molar refractivity (Wildman–Crippen MR) is 144 cm³/mol. The summed E-state index contributed by atoms with van der Waals surface area (Å²) in [4.78, 5) is 30.5. The van der Waals surface area contributed by atoms with Gasteiger partial charge in [0, 0.05) is 18.7 Å². The Hall–Kier alpha value is -3.12. The Bertz CT molecular complexity index is 1120. The van der Waals surface area contributed by atoms with Crippen molar-refractivity contribution in [1.29, 1.82) is 0 Å². The minimum Gasteiger partial charge on any atom is -0.507 e. The van der Waals surface area contributed by atoms with Gasteiger partial charge in [0.1, 0.15) is 11.5 Å². The fourth-order valence-corrected chi connectivity index (χ4v) is 4.71. The summed E-state index contributed by atoms with van der Waals surface area (Å²) in [6.45, 7) is 17.7. The lowest BCUT2D eigenvalue weighted by Gasteiger charge is -2.29. The van der Waals surface area contributed by atoms with Gasteiger partial charge in [-0.15, -0.1) is 0 Å². The number of likely N-dealkylation sites (tertiary alicyclic amines) is 1. The fourth-order valence-electron chi connectivity index (χ4n) is 4.71. The maximum Gasteiger partial charge on any atom is 0.295 e. The second-order valence-corrected chi connectivity index (χ2v) is 10.3. The number of likely N-dealkylation sites (N-methyl/N-ethyl adjacent to an activating group) is 1. The largest absolute Gasteiger partial charge is 0.507 e. The van der Waals surface area contributed by atoms with Crippen LogP contribution in [0.5, 0.6) is 5.75 Å². The number of benzene rings is 2. The summed E-state index contributed by atoms with van der Waals surface area (Å²) in [7, 11) is 0. The van der Waals surface area contributed by atoms with Crippen molar-refractivity contribution in [3.8, 4) is 5.75 Å². The van der Waals surface area contributed by atoms with Crippen LogP contribution in [0.4, 0.5) is 0 Å². The first-order chi connectivity index (χ1) is 17.0. The third-order valence-corrected chi connectivity index (χ3v) is 6.95. The molecule has 0 radical (unpaired) electrons. The Balaban J connectivity index is 2.13. The van der Waals surface area contributed by atoms with Crippen LogP contribution in [-0.4, -0.2) is 59.4 Å². The zero-order valence-corrected chi connectivity index (χ0v) is 22.7. The molecule has 6 heteroatoms. The standard InChI is InChI=1S/C30H40N2O4/c1-8-31(9-2)17-18-32-26(21-11-13-22(14-12-21)30(5,6)7)25(28(34)29(32)35)27(33)24-16-15-23(36-10-3)19-20(24)4/h11-16,19,26,33H,8-10,17-18H2,1-7H3/b27-25+. The van der Waals surface area contributed by atoms with Gasteiger partial charge in [-0.25, -0.2) is 0 Å². The number of amides is 1. The molecule has 0 aliphatic carbocycles. The third-order valence-electron chi connectivity index (χ3n) is 6.95. The maximum absolute atomic E-state index is 13.4. The number of ketones is 1. The van der Waals surface area contributed by atoms with Crippen LogP contribution >= 0.6 is 0 Å². The van der Waals surface area contributed by atoms with E-state index in [9.17, 15) is 14.7 Å². The van der Waals surface area contributed by atoms with Gasteiger partial charge in [0.2, 0.25) is 0 Å². The molecule has 1 saturated heterocycles. The molecule has 1 unspecified atom stereocenters. The minimum absolute atomic E-state index is 0.0253. The Morgan fingerprint density at radius 1 is 1.03 bits per heavy atom. The molecule has 1 heterocycles. The highest BCUT2D eigenvalue weighted by molar-refractivity contribution is 6.46. The van der Waals surface area contributed by atoms with Crippen LogP contribution < -0.4 is 4.74 Å². The van der Waals surface area contributed by atoms with E-state index in [0.29, 0.717) is 31.0 Å². The number of rotatable bonds is 9. The van der Waals surface area contributed by atoms with Crippen molar-refractivity contribution >= 4 is 17.4 Å². The van der Waals surface area contributed by atoms with Gasteiger partial charge < -0.3 is 19.6 Å². The van der Waals surface area contributed by atoms with Gasteiger partial charge in [0.05, 0.1) is 18.2 Å².